The minimum atomic E-state index is -0.199. The first-order valence-corrected chi connectivity index (χ1v) is 7.97. The van der Waals surface area contributed by atoms with Crippen LogP contribution in [0.25, 0.3) is 0 Å². The zero-order valence-corrected chi connectivity index (χ0v) is 14.1. The minimum Gasteiger partial charge on any atom is -0.329 e. The molecule has 1 aromatic carbocycles. The molecule has 0 aliphatic carbocycles. The van der Waals surface area contributed by atoms with Crippen molar-refractivity contribution in [1.29, 1.82) is 0 Å². The summed E-state index contributed by atoms with van der Waals surface area (Å²) in [5.74, 6) is 1.69. The Morgan fingerprint density at radius 1 is 1.19 bits per heavy atom. The second-order valence-corrected chi connectivity index (χ2v) is 7.10. The Morgan fingerprint density at radius 2 is 1.81 bits per heavy atom. The fourth-order valence-electron chi connectivity index (χ4n) is 2.91. The molecule has 0 aliphatic heterocycles. The molecular formula is C18H31FN2. The topological polar surface area (TPSA) is 38.0 Å². The van der Waals surface area contributed by atoms with Crippen molar-refractivity contribution in [3.8, 4) is 0 Å². The Balaban J connectivity index is 2.71. The molecule has 21 heavy (non-hydrogen) atoms. The van der Waals surface area contributed by atoms with E-state index >= 15 is 0 Å². The highest BCUT2D eigenvalue weighted by Crippen LogP contribution is 2.21. The molecule has 0 aliphatic rings. The summed E-state index contributed by atoms with van der Waals surface area (Å²) in [6, 6.07) is 6.79. The van der Waals surface area contributed by atoms with Gasteiger partial charge >= 0.3 is 0 Å². The predicted molar refractivity (Wildman–Crippen MR) is 88.7 cm³/mol. The molecule has 0 fully saturated rings. The molecule has 120 valence electrons. The van der Waals surface area contributed by atoms with Gasteiger partial charge in [-0.15, -0.1) is 0 Å². The second kappa shape index (κ2) is 7.90. The van der Waals surface area contributed by atoms with Gasteiger partial charge in [0, 0.05) is 12.1 Å². The van der Waals surface area contributed by atoms with Gasteiger partial charge in [0.15, 0.2) is 0 Å². The Hall–Kier alpha value is -0.930. The molecule has 3 N–H and O–H groups in total. The highest BCUT2D eigenvalue weighted by molar-refractivity contribution is 5.19. The third-order valence-electron chi connectivity index (χ3n) is 4.41. The standard InChI is InChI=1S/C18H31FN2/c1-13(2)17(14(3)4)11-21-18(5,12-20)10-15-7-6-8-16(19)9-15/h6-9,13-14,17,21H,10-12,20H2,1-5H3. The maximum atomic E-state index is 13.3. The van der Waals surface area contributed by atoms with Crippen LogP contribution >= 0.6 is 0 Å². The van der Waals surface area contributed by atoms with Crippen LogP contribution in [0.3, 0.4) is 0 Å². The monoisotopic (exact) mass is 294 g/mol. The number of benzene rings is 1. The second-order valence-electron chi connectivity index (χ2n) is 7.10. The lowest BCUT2D eigenvalue weighted by Crippen LogP contribution is -2.52. The zero-order chi connectivity index (χ0) is 16.0. The number of rotatable bonds is 8. The highest BCUT2D eigenvalue weighted by atomic mass is 19.1. The van der Waals surface area contributed by atoms with E-state index in [1.165, 1.54) is 6.07 Å². The lowest BCUT2D eigenvalue weighted by atomic mass is 9.84. The van der Waals surface area contributed by atoms with E-state index in [-0.39, 0.29) is 11.4 Å². The van der Waals surface area contributed by atoms with Crippen molar-refractivity contribution in [3.05, 3.63) is 35.6 Å². The van der Waals surface area contributed by atoms with Gasteiger partial charge in [-0.1, -0.05) is 39.8 Å². The summed E-state index contributed by atoms with van der Waals surface area (Å²) in [5, 5.41) is 3.63. The predicted octanol–water partition coefficient (Wildman–Crippen LogP) is 3.60. The van der Waals surface area contributed by atoms with E-state index < -0.39 is 0 Å². The van der Waals surface area contributed by atoms with Crippen LogP contribution in [0.4, 0.5) is 4.39 Å². The first-order chi connectivity index (χ1) is 9.77. The fourth-order valence-corrected chi connectivity index (χ4v) is 2.91. The zero-order valence-electron chi connectivity index (χ0n) is 14.1. The van der Waals surface area contributed by atoms with Crippen LogP contribution in [0.15, 0.2) is 24.3 Å². The van der Waals surface area contributed by atoms with Crippen molar-refractivity contribution in [3.63, 3.8) is 0 Å². The van der Waals surface area contributed by atoms with Crippen LogP contribution in [0.5, 0.6) is 0 Å². The molecule has 0 amide bonds. The summed E-state index contributed by atoms with van der Waals surface area (Å²) in [6.45, 7) is 12.6. The summed E-state index contributed by atoms with van der Waals surface area (Å²) < 4.78 is 13.3. The van der Waals surface area contributed by atoms with Crippen molar-refractivity contribution in [2.75, 3.05) is 13.1 Å². The summed E-state index contributed by atoms with van der Waals surface area (Å²) in [4.78, 5) is 0. The van der Waals surface area contributed by atoms with Gasteiger partial charge in [0.2, 0.25) is 0 Å². The molecule has 0 spiro atoms. The third kappa shape index (κ3) is 5.76. The first-order valence-electron chi connectivity index (χ1n) is 7.97. The summed E-state index contributed by atoms with van der Waals surface area (Å²) in [5.41, 5.74) is 6.76. The summed E-state index contributed by atoms with van der Waals surface area (Å²) >= 11 is 0. The van der Waals surface area contributed by atoms with E-state index in [0.29, 0.717) is 24.3 Å². The highest BCUT2D eigenvalue weighted by Gasteiger charge is 2.26. The SMILES string of the molecule is CC(C)C(CNC(C)(CN)Cc1cccc(F)c1)C(C)C. The molecule has 1 unspecified atom stereocenters. The van der Waals surface area contributed by atoms with Crippen LogP contribution in [-0.2, 0) is 6.42 Å². The van der Waals surface area contributed by atoms with E-state index in [2.05, 4.69) is 39.9 Å². The van der Waals surface area contributed by atoms with E-state index in [9.17, 15) is 4.39 Å². The molecular weight excluding hydrogens is 263 g/mol. The number of halogens is 1. The molecule has 0 aromatic heterocycles. The average molecular weight is 294 g/mol. The summed E-state index contributed by atoms with van der Waals surface area (Å²) in [7, 11) is 0. The van der Waals surface area contributed by atoms with E-state index in [0.717, 1.165) is 18.5 Å². The lowest BCUT2D eigenvalue weighted by Gasteiger charge is -2.34. The van der Waals surface area contributed by atoms with Crippen LogP contribution in [-0.4, -0.2) is 18.6 Å². The van der Waals surface area contributed by atoms with Crippen molar-refractivity contribution >= 4 is 0 Å². The number of nitrogens with one attached hydrogen (secondary N) is 1. The smallest absolute Gasteiger partial charge is 0.123 e. The van der Waals surface area contributed by atoms with Crippen molar-refractivity contribution in [1.82, 2.24) is 5.32 Å². The van der Waals surface area contributed by atoms with Crippen molar-refractivity contribution in [2.24, 2.45) is 23.5 Å². The maximum Gasteiger partial charge on any atom is 0.123 e. The van der Waals surface area contributed by atoms with Gasteiger partial charge in [0.25, 0.3) is 0 Å². The van der Waals surface area contributed by atoms with E-state index in [1.54, 1.807) is 12.1 Å². The molecule has 0 bridgehead atoms. The molecule has 0 saturated heterocycles. The van der Waals surface area contributed by atoms with Gasteiger partial charge in [0.1, 0.15) is 5.82 Å². The Bertz CT molecular complexity index is 423. The van der Waals surface area contributed by atoms with Crippen molar-refractivity contribution in [2.45, 2.75) is 46.6 Å². The van der Waals surface area contributed by atoms with Crippen LogP contribution < -0.4 is 11.1 Å². The Labute approximate surface area is 129 Å². The normalized spacial score (nSPS) is 15.0. The Kier molecular flexibility index (Phi) is 6.82. The summed E-state index contributed by atoms with van der Waals surface area (Å²) in [6.07, 6.45) is 0.740. The molecule has 3 heteroatoms. The lowest BCUT2D eigenvalue weighted by molar-refractivity contribution is 0.238. The van der Waals surface area contributed by atoms with Gasteiger partial charge in [0.05, 0.1) is 0 Å². The van der Waals surface area contributed by atoms with Gasteiger partial charge in [-0.2, -0.15) is 0 Å². The molecule has 1 atom stereocenters. The van der Waals surface area contributed by atoms with Gasteiger partial charge in [-0.25, -0.2) is 4.39 Å². The molecule has 1 rings (SSSR count). The minimum absolute atomic E-state index is 0.186. The number of hydrogen-bond acceptors (Lipinski definition) is 2. The van der Waals surface area contributed by atoms with Crippen LogP contribution in [0.1, 0.15) is 40.2 Å². The third-order valence-corrected chi connectivity index (χ3v) is 4.41. The van der Waals surface area contributed by atoms with Crippen molar-refractivity contribution < 1.29 is 4.39 Å². The largest absolute Gasteiger partial charge is 0.329 e. The van der Waals surface area contributed by atoms with E-state index in [4.69, 9.17) is 5.73 Å². The van der Waals surface area contributed by atoms with E-state index in [1.807, 2.05) is 6.07 Å². The number of hydrogen-bond donors (Lipinski definition) is 2. The Morgan fingerprint density at radius 3 is 2.29 bits per heavy atom. The van der Waals surface area contributed by atoms with Gasteiger partial charge in [-0.3, -0.25) is 0 Å². The molecule has 0 radical (unpaired) electrons. The first kappa shape index (κ1) is 18.1. The van der Waals surface area contributed by atoms with Gasteiger partial charge in [-0.05, 0) is 55.3 Å². The quantitative estimate of drug-likeness (QED) is 0.769. The van der Waals surface area contributed by atoms with Gasteiger partial charge < -0.3 is 11.1 Å². The maximum absolute atomic E-state index is 13.3. The fraction of sp³-hybridized carbons (Fsp3) is 0.667. The molecule has 0 saturated carbocycles. The molecule has 2 nitrogen and oxygen atoms in total. The van der Waals surface area contributed by atoms with Crippen LogP contribution in [0.2, 0.25) is 0 Å². The molecule has 0 heterocycles. The van der Waals surface area contributed by atoms with Crippen LogP contribution in [0, 0.1) is 23.6 Å². The molecule has 1 aromatic rings. The average Bonchev–Trinajstić information content (AvgIpc) is 2.38. The number of nitrogens with two attached hydrogens (primary N) is 1.